The van der Waals surface area contributed by atoms with E-state index in [4.69, 9.17) is 0 Å². The lowest BCUT2D eigenvalue weighted by Crippen LogP contribution is -2.31. The summed E-state index contributed by atoms with van der Waals surface area (Å²) in [6, 6.07) is 0.855. The van der Waals surface area contributed by atoms with Gasteiger partial charge < -0.3 is 10.6 Å². The van der Waals surface area contributed by atoms with Gasteiger partial charge in [0.25, 0.3) is 0 Å². The first-order chi connectivity index (χ1) is 5.88. The molecule has 2 heteroatoms. The van der Waals surface area contributed by atoms with Crippen molar-refractivity contribution in [2.75, 3.05) is 14.1 Å². The van der Waals surface area contributed by atoms with Crippen LogP contribution in [0, 0.1) is 5.92 Å². The Morgan fingerprint density at radius 2 is 1.92 bits per heavy atom. The standard InChI is InChI=1S/C9H15N.CH5N/c1-10-7-6-8-4-2-3-5-9(8)10;1-2/h6-9H,2-5H2,1H3;2H2,1H3. The Balaban J connectivity index is 0.000000336. The number of fused-ring (bicyclic) bond motifs is 1. The molecule has 2 nitrogen and oxygen atoms in total. The molecule has 0 saturated heterocycles. The first-order valence-corrected chi connectivity index (χ1v) is 4.86. The Hall–Kier alpha value is -0.500. The van der Waals surface area contributed by atoms with Crippen LogP contribution in [0.4, 0.5) is 0 Å². The highest BCUT2D eigenvalue weighted by atomic mass is 15.1. The lowest BCUT2D eigenvalue weighted by Gasteiger charge is -2.30. The summed E-state index contributed by atoms with van der Waals surface area (Å²) in [6.07, 6.45) is 10.3. The van der Waals surface area contributed by atoms with Crippen molar-refractivity contribution in [2.24, 2.45) is 11.7 Å². The second-order valence-corrected chi connectivity index (χ2v) is 3.52. The zero-order valence-electron chi connectivity index (χ0n) is 8.16. The fourth-order valence-corrected chi connectivity index (χ4v) is 2.23. The van der Waals surface area contributed by atoms with E-state index in [1.165, 1.54) is 32.7 Å². The van der Waals surface area contributed by atoms with Crippen LogP contribution in [0.5, 0.6) is 0 Å². The van der Waals surface area contributed by atoms with Crippen LogP contribution in [0.3, 0.4) is 0 Å². The number of nitrogens with two attached hydrogens (primary N) is 1. The van der Waals surface area contributed by atoms with E-state index in [0.29, 0.717) is 0 Å². The highest BCUT2D eigenvalue weighted by Crippen LogP contribution is 2.32. The van der Waals surface area contributed by atoms with Crippen LogP contribution in [0.1, 0.15) is 25.7 Å². The molecule has 2 N–H and O–H groups in total. The maximum Gasteiger partial charge on any atom is 0.0344 e. The molecule has 0 aromatic rings. The van der Waals surface area contributed by atoms with Crippen LogP contribution in [0.15, 0.2) is 12.3 Å². The molecule has 0 aromatic carbocycles. The molecule has 2 atom stereocenters. The number of hydrogen-bond acceptors (Lipinski definition) is 2. The van der Waals surface area contributed by atoms with Crippen molar-refractivity contribution in [2.45, 2.75) is 31.7 Å². The fraction of sp³-hybridized carbons (Fsp3) is 0.800. The van der Waals surface area contributed by atoms with Gasteiger partial charge in [0, 0.05) is 13.1 Å². The minimum absolute atomic E-state index is 0.855. The number of rotatable bonds is 0. The molecule has 70 valence electrons. The monoisotopic (exact) mass is 168 g/mol. The summed E-state index contributed by atoms with van der Waals surface area (Å²) in [6.45, 7) is 0. The predicted octanol–water partition coefficient (Wildman–Crippen LogP) is 1.58. The van der Waals surface area contributed by atoms with Crippen LogP contribution in [-0.2, 0) is 0 Å². The highest BCUT2D eigenvalue weighted by molar-refractivity contribution is 5.04. The Kier molecular flexibility index (Phi) is 3.60. The molecule has 0 radical (unpaired) electrons. The van der Waals surface area contributed by atoms with Crippen molar-refractivity contribution < 1.29 is 0 Å². The molecule has 2 rings (SSSR count). The minimum atomic E-state index is 0.855. The minimum Gasteiger partial charge on any atom is -0.377 e. The Morgan fingerprint density at radius 1 is 1.25 bits per heavy atom. The topological polar surface area (TPSA) is 29.3 Å². The largest absolute Gasteiger partial charge is 0.377 e. The Morgan fingerprint density at radius 3 is 2.58 bits per heavy atom. The van der Waals surface area contributed by atoms with Gasteiger partial charge in [-0.15, -0.1) is 0 Å². The molecule has 0 aromatic heterocycles. The van der Waals surface area contributed by atoms with Gasteiger partial charge in [-0.05, 0) is 32.0 Å². The third-order valence-corrected chi connectivity index (χ3v) is 2.87. The van der Waals surface area contributed by atoms with Gasteiger partial charge in [-0.2, -0.15) is 0 Å². The molecule has 12 heavy (non-hydrogen) atoms. The van der Waals surface area contributed by atoms with E-state index >= 15 is 0 Å². The van der Waals surface area contributed by atoms with E-state index in [0.717, 1.165) is 12.0 Å². The summed E-state index contributed by atoms with van der Waals surface area (Å²) in [5, 5.41) is 0. The van der Waals surface area contributed by atoms with Gasteiger partial charge >= 0.3 is 0 Å². The van der Waals surface area contributed by atoms with Gasteiger partial charge in [-0.3, -0.25) is 0 Å². The normalized spacial score (nSPS) is 32.4. The highest BCUT2D eigenvalue weighted by Gasteiger charge is 2.28. The maximum absolute atomic E-state index is 4.50. The third-order valence-electron chi connectivity index (χ3n) is 2.87. The number of nitrogens with zero attached hydrogens (tertiary/aromatic N) is 1. The zero-order valence-corrected chi connectivity index (χ0v) is 8.16. The third kappa shape index (κ3) is 1.81. The second-order valence-electron chi connectivity index (χ2n) is 3.52. The van der Waals surface area contributed by atoms with Crippen molar-refractivity contribution in [3.63, 3.8) is 0 Å². The van der Waals surface area contributed by atoms with Crippen molar-refractivity contribution in [1.82, 2.24) is 4.90 Å². The van der Waals surface area contributed by atoms with E-state index < -0.39 is 0 Å². The molecule has 1 saturated carbocycles. The van der Waals surface area contributed by atoms with Crippen molar-refractivity contribution in [3.05, 3.63) is 12.3 Å². The van der Waals surface area contributed by atoms with Crippen molar-refractivity contribution in [3.8, 4) is 0 Å². The van der Waals surface area contributed by atoms with Gasteiger partial charge in [0.2, 0.25) is 0 Å². The second kappa shape index (κ2) is 4.51. The van der Waals surface area contributed by atoms with Gasteiger partial charge in [-0.1, -0.05) is 18.9 Å². The van der Waals surface area contributed by atoms with Crippen LogP contribution in [0.25, 0.3) is 0 Å². The Bertz CT molecular complexity index is 154. The molecule has 0 amide bonds. The van der Waals surface area contributed by atoms with E-state index in [1.807, 2.05) is 0 Å². The van der Waals surface area contributed by atoms with Gasteiger partial charge in [0.15, 0.2) is 0 Å². The smallest absolute Gasteiger partial charge is 0.0344 e. The zero-order chi connectivity index (χ0) is 8.97. The molecule has 0 bridgehead atoms. The molecule has 0 spiro atoms. The molecule has 1 aliphatic carbocycles. The van der Waals surface area contributed by atoms with Gasteiger partial charge in [0.05, 0.1) is 0 Å². The average molecular weight is 168 g/mol. The summed E-state index contributed by atoms with van der Waals surface area (Å²) in [5.41, 5.74) is 4.50. The lowest BCUT2D eigenvalue weighted by molar-refractivity contribution is 0.233. The van der Waals surface area contributed by atoms with E-state index in [-0.39, 0.29) is 0 Å². The van der Waals surface area contributed by atoms with Crippen LogP contribution in [0.2, 0.25) is 0 Å². The summed E-state index contributed by atoms with van der Waals surface area (Å²) in [4.78, 5) is 2.38. The van der Waals surface area contributed by atoms with Crippen LogP contribution >= 0.6 is 0 Å². The fourth-order valence-electron chi connectivity index (χ4n) is 2.23. The van der Waals surface area contributed by atoms with E-state index in [2.05, 4.69) is 30.0 Å². The summed E-state index contributed by atoms with van der Waals surface area (Å²) >= 11 is 0. The van der Waals surface area contributed by atoms with Crippen molar-refractivity contribution >= 4 is 0 Å². The SMILES string of the molecule is CN.CN1C=CC2CCCCC21. The molecule has 2 unspecified atom stereocenters. The summed E-state index contributed by atoms with van der Waals surface area (Å²) < 4.78 is 0. The summed E-state index contributed by atoms with van der Waals surface area (Å²) in [5.74, 6) is 0.888. The van der Waals surface area contributed by atoms with E-state index in [1.54, 1.807) is 0 Å². The van der Waals surface area contributed by atoms with Crippen LogP contribution < -0.4 is 5.73 Å². The number of hydrogen-bond donors (Lipinski definition) is 1. The van der Waals surface area contributed by atoms with E-state index in [9.17, 15) is 0 Å². The predicted molar refractivity (Wildman–Crippen MR) is 52.8 cm³/mol. The van der Waals surface area contributed by atoms with Gasteiger partial charge in [-0.25, -0.2) is 0 Å². The molecule has 2 aliphatic rings. The first kappa shape index (κ1) is 9.59. The maximum atomic E-state index is 4.50. The van der Waals surface area contributed by atoms with Crippen LogP contribution in [-0.4, -0.2) is 25.0 Å². The molecular weight excluding hydrogens is 148 g/mol. The Labute approximate surface area is 75.4 Å². The quantitative estimate of drug-likeness (QED) is 0.595. The first-order valence-electron chi connectivity index (χ1n) is 4.86. The summed E-state index contributed by atoms with van der Waals surface area (Å²) in [7, 11) is 3.70. The molecule has 1 fully saturated rings. The van der Waals surface area contributed by atoms with Crippen molar-refractivity contribution in [1.29, 1.82) is 0 Å². The van der Waals surface area contributed by atoms with Gasteiger partial charge in [0.1, 0.15) is 0 Å². The molecule has 1 aliphatic heterocycles. The molecule has 1 heterocycles. The average Bonchev–Trinajstić information content (AvgIpc) is 2.53. The lowest BCUT2D eigenvalue weighted by atomic mass is 9.86. The molecular formula is C10H20N2.